The molecule has 1 saturated carbocycles. The zero-order valence-corrected chi connectivity index (χ0v) is 19.8. The molecule has 3 N–H and O–H groups in total. The summed E-state index contributed by atoms with van der Waals surface area (Å²) in [5.74, 6) is -3.07. The molecule has 0 radical (unpaired) electrons. The average molecular weight is 529 g/mol. The maximum Gasteiger partial charge on any atom is 0.446 e. The minimum absolute atomic E-state index is 0.0164. The molecule has 12 heteroatoms. The number of rotatable bonds is 9. The van der Waals surface area contributed by atoms with E-state index in [1.165, 1.54) is 36.4 Å². The van der Waals surface area contributed by atoms with Crippen molar-refractivity contribution in [2.24, 2.45) is 5.92 Å². The van der Waals surface area contributed by atoms with Gasteiger partial charge in [0, 0.05) is 29.1 Å². The topological polar surface area (TPSA) is 105 Å². The molecular formula is C24H24F4N2O5S. The van der Waals surface area contributed by atoms with E-state index in [1.807, 2.05) is 0 Å². The summed E-state index contributed by atoms with van der Waals surface area (Å²) in [5, 5.41) is 14.1. The van der Waals surface area contributed by atoms with Gasteiger partial charge < -0.3 is 20.5 Å². The van der Waals surface area contributed by atoms with E-state index in [4.69, 9.17) is 9.84 Å². The quantitative estimate of drug-likeness (QED) is 0.249. The Kier molecular flexibility index (Phi) is 9.19. The molecule has 0 aromatic heterocycles. The van der Waals surface area contributed by atoms with Crippen LogP contribution in [0.25, 0.3) is 0 Å². The molecule has 2 amide bonds. The molecule has 3 rings (SSSR count). The number of aliphatic carboxylic acids is 1. The Labute approximate surface area is 208 Å². The number of halogens is 4. The number of alkyl halides is 3. The third-order valence-corrected chi connectivity index (χ3v) is 6.30. The maximum absolute atomic E-state index is 14.5. The molecule has 2 aromatic rings. The summed E-state index contributed by atoms with van der Waals surface area (Å²) in [5.41, 5.74) is -4.19. The number of carboxylic acids is 1. The number of nitrogens with one attached hydrogen (secondary N) is 2. The molecule has 0 saturated heterocycles. The van der Waals surface area contributed by atoms with Crippen molar-refractivity contribution in [2.75, 3.05) is 13.1 Å². The lowest BCUT2D eigenvalue weighted by Crippen LogP contribution is -2.34. The second-order valence-corrected chi connectivity index (χ2v) is 9.30. The van der Waals surface area contributed by atoms with Crippen molar-refractivity contribution in [3.8, 4) is 5.75 Å². The summed E-state index contributed by atoms with van der Waals surface area (Å²) < 4.78 is 57.2. The van der Waals surface area contributed by atoms with Crippen LogP contribution in [0, 0.1) is 11.7 Å². The van der Waals surface area contributed by atoms with Gasteiger partial charge in [0.2, 0.25) is 0 Å². The van der Waals surface area contributed by atoms with E-state index in [0.29, 0.717) is 25.7 Å². The lowest BCUT2D eigenvalue weighted by Gasteiger charge is -2.27. The van der Waals surface area contributed by atoms with Gasteiger partial charge in [-0.2, -0.15) is 13.2 Å². The summed E-state index contributed by atoms with van der Waals surface area (Å²) in [6.45, 7) is 0.0889. The van der Waals surface area contributed by atoms with Gasteiger partial charge in [-0.3, -0.25) is 14.4 Å². The van der Waals surface area contributed by atoms with Gasteiger partial charge in [0.15, 0.2) is 11.6 Å². The highest BCUT2D eigenvalue weighted by Gasteiger charge is 2.29. The average Bonchev–Trinajstić information content (AvgIpc) is 2.82. The van der Waals surface area contributed by atoms with Crippen molar-refractivity contribution >= 4 is 29.5 Å². The van der Waals surface area contributed by atoms with Crippen LogP contribution in [0.3, 0.4) is 0 Å². The monoisotopic (exact) mass is 528 g/mol. The minimum atomic E-state index is -4.42. The molecule has 1 fully saturated rings. The number of carbonyl (C=O) groups excluding carboxylic acids is 2. The fourth-order valence-corrected chi connectivity index (χ4v) is 4.25. The van der Waals surface area contributed by atoms with E-state index in [1.54, 1.807) is 0 Å². The van der Waals surface area contributed by atoms with Crippen LogP contribution in [-0.2, 0) is 4.79 Å². The van der Waals surface area contributed by atoms with Crippen LogP contribution in [0.4, 0.5) is 17.6 Å². The van der Waals surface area contributed by atoms with E-state index in [9.17, 15) is 31.9 Å². The van der Waals surface area contributed by atoms with Crippen LogP contribution in [0.15, 0.2) is 47.4 Å². The standard InChI is InChI=1S/C24H24F4N2O5S/c25-19-13-16(5-10-20(19)35-17-6-1-15(2-7-17)23(33)34)22(32)30-12-11-29-21(31)14-3-8-18(9-4-14)36-24(26,27)28/h3-5,8-10,13,15,17H,1-2,6-7,11-12H2,(H,29,31)(H,30,32)(H,33,34). The maximum atomic E-state index is 14.5. The first-order chi connectivity index (χ1) is 17.0. The van der Waals surface area contributed by atoms with Crippen molar-refractivity contribution in [3.05, 3.63) is 59.4 Å². The highest BCUT2D eigenvalue weighted by molar-refractivity contribution is 8.00. The van der Waals surface area contributed by atoms with Crippen molar-refractivity contribution in [1.82, 2.24) is 10.6 Å². The molecule has 0 heterocycles. The molecule has 36 heavy (non-hydrogen) atoms. The van der Waals surface area contributed by atoms with Crippen LogP contribution in [0.1, 0.15) is 46.4 Å². The second-order valence-electron chi connectivity index (χ2n) is 8.16. The molecule has 2 aromatic carbocycles. The summed E-state index contributed by atoms with van der Waals surface area (Å²) in [6, 6.07) is 8.70. The van der Waals surface area contributed by atoms with Gasteiger partial charge in [-0.05, 0) is 79.9 Å². The first kappa shape index (κ1) is 27.3. The van der Waals surface area contributed by atoms with Gasteiger partial charge in [-0.25, -0.2) is 4.39 Å². The zero-order valence-electron chi connectivity index (χ0n) is 18.9. The van der Waals surface area contributed by atoms with E-state index in [0.717, 1.165) is 6.07 Å². The van der Waals surface area contributed by atoms with Gasteiger partial charge in [0.1, 0.15) is 0 Å². The van der Waals surface area contributed by atoms with E-state index in [2.05, 4.69) is 10.6 Å². The Balaban J connectivity index is 1.42. The first-order valence-corrected chi connectivity index (χ1v) is 11.9. The predicted octanol–water partition coefficient (Wildman–Crippen LogP) is 4.62. The Morgan fingerprint density at radius 3 is 2.00 bits per heavy atom. The number of hydrogen-bond donors (Lipinski definition) is 3. The largest absolute Gasteiger partial charge is 0.487 e. The summed E-state index contributed by atoms with van der Waals surface area (Å²) in [7, 11) is 0. The number of ether oxygens (including phenoxy) is 1. The van der Waals surface area contributed by atoms with Crippen LogP contribution < -0.4 is 15.4 Å². The number of carbonyl (C=O) groups is 3. The highest BCUT2D eigenvalue weighted by atomic mass is 32.2. The molecule has 0 atom stereocenters. The van der Waals surface area contributed by atoms with E-state index >= 15 is 0 Å². The number of amides is 2. The second kappa shape index (κ2) is 12.1. The van der Waals surface area contributed by atoms with E-state index < -0.39 is 35.0 Å². The van der Waals surface area contributed by atoms with Gasteiger partial charge in [0.05, 0.1) is 12.0 Å². The van der Waals surface area contributed by atoms with Gasteiger partial charge in [-0.1, -0.05) is 0 Å². The third kappa shape index (κ3) is 8.14. The molecule has 7 nitrogen and oxygen atoms in total. The third-order valence-electron chi connectivity index (χ3n) is 5.56. The first-order valence-electron chi connectivity index (χ1n) is 11.1. The summed E-state index contributed by atoms with van der Waals surface area (Å²) in [4.78, 5) is 35.4. The van der Waals surface area contributed by atoms with Gasteiger partial charge in [-0.15, -0.1) is 0 Å². The Bertz CT molecular complexity index is 1090. The Morgan fingerprint density at radius 2 is 1.47 bits per heavy atom. The van der Waals surface area contributed by atoms with Crippen LogP contribution in [0.5, 0.6) is 5.75 Å². The van der Waals surface area contributed by atoms with E-state index in [-0.39, 0.29) is 52.7 Å². The zero-order chi connectivity index (χ0) is 26.3. The highest BCUT2D eigenvalue weighted by Crippen LogP contribution is 2.36. The number of hydrogen-bond acceptors (Lipinski definition) is 5. The van der Waals surface area contributed by atoms with Crippen LogP contribution in [0.2, 0.25) is 0 Å². The smallest absolute Gasteiger partial charge is 0.446 e. The van der Waals surface area contributed by atoms with Crippen molar-refractivity contribution in [2.45, 2.75) is 42.2 Å². The molecule has 1 aliphatic rings. The normalized spacial score (nSPS) is 17.8. The fourth-order valence-electron chi connectivity index (χ4n) is 3.71. The molecule has 194 valence electrons. The Morgan fingerprint density at radius 1 is 0.917 bits per heavy atom. The number of thioether (sulfide) groups is 1. The van der Waals surface area contributed by atoms with Crippen molar-refractivity contribution in [3.63, 3.8) is 0 Å². The predicted molar refractivity (Wildman–Crippen MR) is 123 cm³/mol. The lowest BCUT2D eigenvalue weighted by molar-refractivity contribution is -0.143. The molecule has 0 aliphatic heterocycles. The molecular weight excluding hydrogens is 504 g/mol. The lowest BCUT2D eigenvalue weighted by atomic mass is 9.87. The fraction of sp³-hybridized carbons (Fsp3) is 0.375. The minimum Gasteiger partial charge on any atom is -0.487 e. The Hall–Kier alpha value is -3.28. The molecule has 0 unspecified atom stereocenters. The SMILES string of the molecule is O=C(NCCNC(=O)c1ccc(OC2CCC(C(=O)O)CC2)c(F)c1)c1ccc(SC(F)(F)F)cc1. The number of carboxylic acid groups (broad SMARTS) is 1. The summed E-state index contributed by atoms with van der Waals surface area (Å²) in [6.07, 6.45) is 1.63. The summed E-state index contributed by atoms with van der Waals surface area (Å²) >= 11 is -0.278. The van der Waals surface area contributed by atoms with Crippen molar-refractivity contribution < 1.29 is 41.8 Å². The van der Waals surface area contributed by atoms with Gasteiger partial charge in [0.25, 0.3) is 11.8 Å². The van der Waals surface area contributed by atoms with Crippen molar-refractivity contribution in [1.29, 1.82) is 0 Å². The number of benzene rings is 2. The van der Waals surface area contributed by atoms with Crippen LogP contribution in [-0.4, -0.2) is 47.6 Å². The van der Waals surface area contributed by atoms with Crippen LogP contribution >= 0.6 is 11.8 Å². The molecule has 0 bridgehead atoms. The molecule has 1 aliphatic carbocycles. The van der Waals surface area contributed by atoms with Gasteiger partial charge >= 0.3 is 11.5 Å². The molecule has 0 spiro atoms.